The van der Waals surface area contributed by atoms with Crippen LogP contribution in [-0.2, 0) is 34.7 Å². The van der Waals surface area contributed by atoms with E-state index in [0.717, 1.165) is 10.2 Å². The molecule has 12 nitrogen and oxygen atoms in total. The van der Waals surface area contributed by atoms with Crippen LogP contribution in [0.3, 0.4) is 0 Å². The average Bonchev–Trinajstić information content (AvgIpc) is 3.40. The van der Waals surface area contributed by atoms with E-state index in [-0.39, 0.29) is 6.61 Å². The maximum atomic E-state index is 14.7. The van der Waals surface area contributed by atoms with Gasteiger partial charge in [-0.3, -0.25) is 14.4 Å². The number of hydrogen-bond acceptors (Lipinski definition) is 9. The van der Waals surface area contributed by atoms with E-state index in [1.54, 1.807) is 12.1 Å². The minimum atomic E-state index is -5.01. The molecule has 1 fully saturated rings. The number of carbonyl (C=O) groups is 3. The Balaban J connectivity index is 2.33. The number of benzene rings is 1. The summed E-state index contributed by atoms with van der Waals surface area (Å²) < 4.78 is 103. The number of nitrogens with two attached hydrogens (primary N) is 1. The average molecular weight is 661 g/mol. The Bertz CT molecular complexity index is 1260. The molecule has 0 radical (unpaired) electrons. The Kier molecular flexibility index (Phi) is 12.5. The highest BCUT2D eigenvalue weighted by Gasteiger charge is 2.53. The van der Waals surface area contributed by atoms with Crippen LogP contribution in [0.25, 0.3) is 0 Å². The number of amides is 3. The van der Waals surface area contributed by atoms with Crippen molar-refractivity contribution in [3.8, 4) is 5.75 Å². The molecular formula is C26H37F5N4O8S. The molecule has 0 aromatic heterocycles. The van der Waals surface area contributed by atoms with Crippen molar-refractivity contribution in [2.75, 3.05) is 33.9 Å². The van der Waals surface area contributed by atoms with Crippen molar-refractivity contribution < 1.29 is 59.3 Å². The molecule has 250 valence electrons. The minimum Gasteiger partial charge on any atom is -0.497 e. The standard InChI is InChI=1S/C26H37F5N4O8S/c1-14(2)20(21(36)26(30,31)24(39)33-13-25(27,28)29)34-22(37)19-9-17(10-35(19)23(38)18(32)11-42-3)44(40,41)12-15-5-7-16(43-4)8-6-15/h5-8,14,17-21,36H,9-13,32H2,1-4H3,(H,33,39)(H,34,37)/t17-,18+,19+,20+,21-/m1/s1. The number of halogens is 5. The molecule has 18 heteroatoms. The van der Waals surface area contributed by atoms with Gasteiger partial charge in [0.15, 0.2) is 9.84 Å². The van der Waals surface area contributed by atoms with Crippen LogP contribution in [0.15, 0.2) is 24.3 Å². The maximum Gasteiger partial charge on any atom is 0.405 e. The second-order valence-corrected chi connectivity index (χ2v) is 13.0. The first-order valence-electron chi connectivity index (χ1n) is 13.4. The Morgan fingerprint density at radius 2 is 1.70 bits per heavy atom. The molecule has 5 atom stereocenters. The van der Waals surface area contributed by atoms with Gasteiger partial charge in [0.25, 0.3) is 5.91 Å². The molecule has 0 unspecified atom stereocenters. The lowest BCUT2D eigenvalue weighted by Crippen LogP contribution is -2.61. The predicted octanol–water partition coefficient (Wildman–Crippen LogP) is 0.369. The zero-order valence-corrected chi connectivity index (χ0v) is 25.3. The number of nitrogens with zero attached hydrogens (tertiary/aromatic N) is 1. The minimum absolute atomic E-state index is 0.292. The van der Waals surface area contributed by atoms with Gasteiger partial charge in [-0.15, -0.1) is 0 Å². The molecule has 0 aliphatic carbocycles. The van der Waals surface area contributed by atoms with E-state index >= 15 is 0 Å². The molecule has 0 saturated carbocycles. The second-order valence-electron chi connectivity index (χ2n) is 10.7. The van der Waals surface area contributed by atoms with E-state index in [9.17, 15) is 49.9 Å². The van der Waals surface area contributed by atoms with Crippen molar-refractivity contribution in [3.63, 3.8) is 0 Å². The van der Waals surface area contributed by atoms with E-state index in [0.29, 0.717) is 11.3 Å². The Labute approximate surface area is 251 Å². The summed E-state index contributed by atoms with van der Waals surface area (Å²) in [7, 11) is -1.33. The molecule has 3 amide bonds. The first-order valence-corrected chi connectivity index (χ1v) is 15.1. The molecule has 1 aromatic rings. The number of nitrogens with one attached hydrogen (secondary N) is 2. The quantitative estimate of drug-likeness (QED) is 0.205. The molecule has 1 heterocycles. The fourth-order valence-electron chi connectivity index (χ4n) is 4.61. The van der Waals surface area contributed by atoms with Gasteiger partial charge in [-0.25, -0.2) is 8.42 Å². The zero-order chi connectivity index (χ0) is 33.6. The summed E-state index contributed by atoms with van der Waals surface area (Å²) in [4.78, 5) is 39.3. The van der Waals surface area contributed by atoms with Gasteiger partial charge in [-0.2, -0.15) is 22.0 Å². The number of rotatable bonds is 14. The van der Waals surface area contributed by atoms with Gasteiger partial charge < -0.3 is 35.8 Å². The summed E-state index contributed by atoms with van der Waals surface area (Å²) >= 11 is 0. The molecule has 1 aliphatic rings. The van der Waals surface area contributed by atoms with Gasteiger partial charge in [0, 0.05) is 13.7 Å². The maximum absolute atomic E-state index is 14.7. The lowest BCUT2D eigenvalue weighted by Gasteiger charge is -2.34. The summed E-state index contributed by atoms with van der Waals surface area (Å²) in [6.07, 6.45) is -8.45. The third-order valence-corrected chi connectivity index (χ3v) is 9.13. The van der Waals surface area contributed by atoms with Crippen molar-refractivity contribution in [2.45, 2.75) is 67.6 Å². The lowest BCUT2D eigenvalue weighted by atomic mass is 9.93. The Morgan fingerprint density at radius 3 is 2.20 bits per heavy atom. The molecular weight excluding hydrogens is 623 g/mol. The number of hydrogen-bond donors (Lipinski definition) is 4. The third kappa shape index (κ3) is 9.45. The molecule has 1 saturated heterocycles. The number of aliphatic hydroxyl groups excluding tert-OH is 1. The van der Waals surface area contributed by atoms with Crippen LogP contribution in [0.1, 0.15) is 25.8 Å². The Morgan fingerprint density at radius 1 is 1.11 bits per heavy atom. The van der Waals surface area contributed by atoms with Gasteiger partial charge in [0.1, 0.15) is 30.5 Å². The lowest BCUT2D eigenvalue weighted by molar-refractivity contribution is -0.175. The molecule has 44 heavy (non-hydrogen) atoms. The van der Waals surface area contributed by atoms with Gasteiger partial charge in [-0.05, 0) is 30.0 Å². The summed E-state index contributed by atoms with van der Waals surface area (Å²) in [5, 5.41) is 12.2. The Hall–Kier alpha value is -3.09. The summed E-state index contributed by atoms with van der Waals surface area (Å²) in [6, 6.07) is 1.36. The zero-order valence-electron chi connectivity index (χ0n) is 24.4. The largest absolute Gasteiger partial charge is 0.497 e. The van der Waals surface area contributed by atoms with E-state index in [1.165, 1.54) is 40.2 Å². The van der Waals surface area contributed by atoms with Crippen LogP contribution < -0.4 is 21.1 Å². The molecule has 2 rings (SSSR count). The van der Waals surface area contributed by atoms with Crippen LogP contribution in [0.4, 0.5) is 22.0 Å². The molecule has 5 N–H and O–H groups in total. The number of aliphatic hydroxyl groups is 1. The number of likely N-dealkylation sites (tertiary alicyclic amines) is 1. The van der Waals surface area contributed by atoms with Crippen molar-refractivity contribution in [3.05, 3.63) is 29.8 Å². The van der Waals surface area contributed by atoms with Gasteiger partial charge in [0.05, 0.1) is 30.8 Å². The normalized spacial score (nSPS) is 19.8. The van der Waals surface area contributed by atoms with Crippen molar-refractivity contribution in [2.24, 2.45) is 11.7 Å². The van der Waals surface area contributed by atoms with Crippen LogP contribution in [-0.4, -0.2) is 112 Å². The molecule has 0 bridgehead atoms. The van der Waals surface area contributed by atoms with E-state index in [1.807, 2.05) is 0 Å². The number of ether oxygens (including phenoxy) is 2. The van der Waals surface area contributed by atoms with Crippen LogP contribution >= 0.6 is 0 Å². The van der Waals surface area contributed by atoms with E-state index in [2.05, 4.69) is 5.32 Å². The number of carbonyl (C=O) groups excluding carboxylic acids is 3. The fourth-order valence-corrected chi connectivity index (χ4v) is 6.37. The topological polar surface area (TPSA) is 177 Å². The summed E-state index contributed by atoms with van der Waals surface area (Å²) in [5.74, 6) is -10.2. The fraction of sp³-hybridized carbons (Fsp3) is 0.654. The highest BCUT2D eigenvalue weighted by atomic mass is 32.2. The van der Waals surface area contributed by atoms with E-state index < -0.39 is 100 Å². The molecule has 1 aliphatic heterocycles. The van der Waals surface area contributed by atoms with Crippen LogP contribution in [0.2, 0.25) is 0 Å². The van der Waals surface area contributed by atoms with Crippen LogP contribution in [0, 0.1) is 5.92 Å². The van der Waals surface area contributed by atoms with E-state index in [4.69, 9.17) is 15.2 Å². The van der Waals surface area contributed by atoms with Crippen LogP contribution in [0.5, 0.6) is 5.75 Å². The van der Waals surface area contributed by atoms with Gasteiger partial charge in [-0.1, -0.05) is 26.0 Å². The first-order chi connectivity index (χ1) is 20.2. The van der Waals surface area contributed by atoms with Crippen molar-refractivity contribution in [1.29, 1.82) is 0 Å². The van der Waals surface area contributed by atoms with Crippen molar-refractivity contribution in [1.82, 2.24) is 15.5 Å². The molecule has 0 spiro atoms. The monoisotopic (exact) mass is 660 g/mol. The third-order valence-electron chi connectivity index (χ3n) is 7.04. The SMILES string of the molecule is COC[C@H](N)C(=O)N1C[C@H](S(=O)(=O)Cc2ccc(OC)cc2)C[C@H]1C(=O)N[C@@H](C(C)C)[C@@H](O)C(F)(F)C(=O)NCC(F)(F)F. The molecule has 1 aromatic carbocycles. The predicted molar refractivity (Wildman–Crippen MR) is 146 cm³/mol. The van der Waals surface area contributed by atoms with Crippen molar-refractivity contribution >= 4 is 27.6 Å². The van der Waals surface area contributed by atoms with Gasteiger partial charge >= 0.3 is 12.1 Å². The first kappa shape index (κ1) is 37.1. The summed E-state index contributed by atoms with van der Waals surface area (Å²) in [5.41, 5.74) is 6.24. The van der Waals surface area contributed by atoms with Gasteiger partial charge in [0.2, 0.25) is 11.8 Å². The second kappa shape index (κ2) is 14.8. The summed E-state index contributed by atoms with van der Waals surface area (Å²) in [6.45, 7) is -0.282. The highest BCUT2D eigenvalue weighted by molar-refractivity contribution is 7.91. The smallest absolute Gasteiger partial charge is 0.405 e. The highest BCUT2D eigenvalue weighted by Crippen LogP contribution is 2.29. The number of alkyl halides is 5. The number of sulfone groups is 1. The number of methoxy groups -OCH3 is 2.